The van der Waals surface area contributed by atoms with Gasteiger partial charge >= 0.3 is 0 Å². The van der Waals surface area contributed by atoms with Gasteiger partial charge in [-0.2, -0.15) is 9.61 Å². The van der Waals surface area contributed by atoms with Crippen LogP contribution in [0.1, 0.15) is 23.6 Å². The van der Waals surface area contributed by atoms with Crippen LogP contribution in [0.5, 0.6) is 0 Å². The van der Waals surface area contributed by atoms with Crippen LogP contribution in [-0.4, -0.2) is 31.5 Å². The van der Waals surface area contributed by atoms with Gasteiger partial charge in [-0.3, -0.25) is 4.79 Å². The summed E-state index contributed by atoms with van der Waals surface area (Å²) in [6, 6.07) is 18.2. The topological polar surface area (TPSA) is 72.2 Å². The summed E-state index contributed by atoms with van der Waals surface area (Å²) in [5.74, 6) is 0.139. The first kappa shape index (κ1) is 20.1. The Morgan fingerprint density at radius 1 is 1.03 bits per heavy atom. The zero-order valence-electron chi connectivity index (χ0n) is 17.2. The smallest absolute Gasteiger partial charge is 0.234 e. The van der Waals surface area contributed by atoms with Crippen molar-refractivity contribution in [3.63, 3.8) is 0 Å². The van der Waals surface area contributed by atoms with Crippen molar-refractivity contribution in [3.8, 4) is 11.3 Å². The lowest BCUT2D eigenvalue weighted by molar-refractivity contribution is -0.113. The van der Waals surface area contributed by atoms with E-state index in [9.17, 15) is 4.79 Å². The van der Waals surface area contributed by atoms with Crippen molar-refractivity contribution in [2.45, 2.75) is 32.3 Å². The highest BCUT2D eigenvalue weighted by atomic mass is 32.2. The van der Waals surface area contributed by atoms with Crippen LogP contribution in [-0.2, 0) is 11.2 Å². The van der Waals surface area contributed by atoms with Crippen LogP contribution in [0.25, 0.3) is 16.9 Å². The molecule has 2 aromatic carbocycles. The number of amides is 1. The fourth-order valence-electron chi connectivity index (χ4n) is 3.19. The number of aromatic nitrogens is 4. The molecule has 4 rings (SSSR count). The standard InChI is InChI=1S/C23H23N5OS/c1-4-17-6-8-18(9-7-17)20-11-12-21-25-26-23(28(21)27-20)30-14-22(29)24-19-10-5-15(2)13-16(19)3/h5-13H,4,14H2,1-3H3,(H,24,29). The average molecular weight is 418 g/mol. The third-order valence-corrected chi connectivity index (χ3v) is 5.80. The molecule has 1 N–H and O–H groups in total. The van der Waals surface area contributed by atoms with E-state index in [-0.39, 0.29) is 11.7 Å². The van der Waals surface area contributed by atoms with Gasteiger partial charge in [0.15, 0.2) is 5.65 Å². The van der Waals surface area contributed by atoms with E-state index in [1.54, 1.807) is 4.52 Å². The first-order valence-corrected chi connectivity index (χ1v) is 10.8. The minimum Gasteiger partial charge on any atom is -0.325 e. The quantitative estimate of drug-likeness (QED) is 0.460. The number of fused-ring (bicyclic) bond motifs is 1. The minimum atomic E-state index is -0.0880. The van der Waals surface area contributed by atoms with Crippen molar-refractivity contribution >= 4 is 29.0 Å². The van der Waals surface area contributed by atoms with Gasteiger partial charge in [-0.1, -0.05) is 60.6 Å². The normalized spacial score (nSPS) is 11.0. The maximum absolute atomic E-state index is 12.4. The Hall–Kier alpha value is -3.19. The molecular weight excluding hydrogens is 394 g/mol. The first-order chi connectivity index (χ1) is 14.5. The number of hydrogen-bond donors (Lipinski definition) is 1. The Balaban J connectivity index is 1.49. The van der Waals surface area contributed by atoms with Gasteiger partial charge in [0.05, 0.1) is 11.4 Å². The highest BCUT2D eigenvalue weighted by Gasteiger charge is 2.12. The second-order valence-electron chi connectivity index (χ2n) is 7.18. The molecule has 0 aliphatic rings. The summed E-state index contributed by atoms with van der Waals surface area (Å²) >= 11 is 1.32. The lowest BCUT2D eigenvalue weighted by Gasteiger charge is -2.08. The second kappa shape index (κ2) is 8.67. The fraction of sp³-hybridized carbons (Fsp3) is 0.217. The van der Waals surface area contributed by atoms with Gasteiger partial charge in [-0.25, -0.2) is 0 Å². The van der Waals surface area contributed by atoms with Crippen molar-refractivity contribution in [2.24, 2.45) is 0 Å². The molecule has 1 amide bonds. The Morgan fingerprint density at radius 3 is 2.57 bits per heavy atom. The van der Waals surface area contributed by atoms with E-state index in [1.807, 2.05) is 44.2 Å². The zero-order valence-corrected chi connectivity index (χ0v) is 18.0. The third-order valence-electron chi connectivity index (χ3n) is 4.88. The van der Waals surface area contributed by atoms with E-state index in [0.29, 0.717) is 10.8 Å². The van der Waals surface area contributed by atoms with Gasteiger partial charge in [-0.05, 0) is 49.6 Å². The number of aryl methyl sites for hydroxylation is 3. The number of thioether (sulfide) groups is 1. The summed E-state index contributed by atoms with van der Waals surface area (Å²) in [7, 11) is 0. The molecule has 0 bridgehead atoms. The van der Waals surface area contributed by atoms with Crippen molar-refractivity contribution < 1.29 is 4.79 Å². The average Bonchev–Trinajstić information content (AvgIpc) is 3.16. The number of anilines is 1. The number of nitrogens with one attached hydrogen (secondary N) is 1. The summed E-state index contributed by atoms with van der Waals surface area (Å²) in [6.45, 7) is 6.15. The van der Waals surface area contributed by atoms with E-state index < -0.39 is 0 Å². The van der Waals surface area contributed by atoms with Crippen LogP contribution in [0, 0.1) is 13.8 Å². The number of carbonyl (C=O) groups is 1. The van der Waals surface area contributed by atoms with E-state index in [1.165, 1.54) is 22.9 Å². The minimum absolute atomic E-state index is 0.0880. The molecule has 0 radical (unpaired) electrons. The van der Waals surface area contributed by atoms with E-state index >= 15 is 0 Å². The van der Waals surface area contributed by atoms with Gasteiger partial charge < -0.3 is 5.32 Å². The lowest BCUT2D eigenvalue weighted by atomic mass is 10.1. The Morgan fingerprint density at radius 2 is 1.83 bits per heavy atom. The molecule has 7 heteroatoms. The van der Waals surface area contributed by atoms with Gasteiger partial charge in [0.25, 0.3) is 0 Å². The van der Waals surface area contributed by atoms with Crippen molar-refractivity contribution in [1.82, 2.24) is 19.8 Å². The lowest BCUT2D eigenvalue weighted by Crippen LogP contribution is -2.15. The number of hydrogen-bond acceptors (Lipinski definition) is 5. The Kier molecular flexibility index (Phi) is 5.81. The monoisotopic (exact) mass is 417 g/mol. The van der Waals surface area contributed by atoms with Crippen LogP contribution < -0.4 is 5.32 Å². The van der Waals surface area contributed by atoms with Crippen LogP contribution in [0.4, 0.5) is 5.69 Å². The molecule has 0 unspecified atom stereocenters. The molecule has 0 aliphatic heterocycles. The predicted molar refractivity (Wildman–Crippen MR) is 121 cm³/mol. The largest absolute Gasteiger partial charge is 0.325 e. The molecule has 152 valence electrons. The third kappa shape index (κ3) is 4.36. The highest BCUT2D eigenvalue weighted by molar-refractivity contribution is 7.99. The van der Waals surface area contributed by atoms with Crippen molar-refractivity contribution in [2.75, 3.05) is 11.1 Å². The molecule has 0 aliphatic carbocycles. The SMILES string of the molecule is CCc1ccc(-c2ccc3nnc(SCC(=O)Nc4ccc(C)cc4C)n3n2)cc1. The van der Waals surface area contributed by atoms with E-state index in [0.717, 1.165) is 28.9 Å². The zero-order chi connectivity index (χ0) is 21.1. The summed E-state index contributed by atoms with van der Waals surface area (Å²) < 4.78 is 1.69. The summed E-state index contributed by atoms with van der Waals surface area (Å²) in [5, 5.41) is 16.6. The van der Waals surface area contributed by atoms with Crippen LogP contribution in [0.15, 0.2) is 59.8 Å². The number of nitrogens with zero attached hydrogens (tertiary/aromatic N) is 4. The molecule has 2 heterocycles. The van der Waals surface area contributed by atoms with E-state index in [2.05, 4.69) is 51.8 Å². The number of carbonyl (C=O) groups excluding carboxylic acids is 1. The molecule has 6 nitrogen and oxygen atoms in total. The molecule has 0 saturated carbocycles. The molecule has 0 spiro atoms. The molecule has 30 heavy (non-hydrogen) atoms. The molecule has 2 aromatic heterocycles. The van der Waals surface area contributed by atoms with Gasteiger partial charge in [0.1, 0.15) is 0 Å². The van der Waals surface area contributed by atoms with Gasteiger partial charge in [-0.15, -0.1) is 10.2 Å². The summed E-state index contributed by atoms with van der Waals surface area (Å²) in [5.41, 5.74) is 6.85. The van der Waals surface area contributed by atoms with Gasteiger partial charge in [0.2, 0.25) is 11.1 Å². The maximum Gasteiger partial charge on any atom is 0.234 e. The second-order valence-corrected chi connectivity index (χ2v) is 8.12. The summed E-state index contributed by atoms with van der Waals surface area (Å²) in [4.78, 5) is 12.4. The maximum atomic E-state index is 12.4. The van der Waals surface area contributed by atoms with Crippen LogP contribution in [0.3, 0.4) is 0 Å². The molecule has 4 aromatic rings. The summed E-state index contributed by atoms with van der Waals surface area (Å²) in [6.07, 6.45) is 1.00. The Labute approximate surface area is 179 Å². The first-order valence-electron chi connectivity index (χ1n) is 9.85. The molecular formula is C23H23N5OS. The number of rotatable bonds is 6. The Bertz CT molecular complexity index is 1200. The van der Waals surface area contributed by atoms with Crippen LogP contribution in [0.2, 0.25) is 0 Å². The van der Waals surface area contributed by atoms with Gasteiger partial charge in [0, 0.05) is 11.3 Å². The fourth-order valence-corrected chi connectivity index (χ4v) is 3.88. The predicted octanol–water partition coefficient (Wildman–Crippen LogP) is 4.70. The molecule has 0 saturated heterocycles. The number of benzene rings is 2. The molecule has 0 atom stereocenters. The molecule has 0 fully saturated rings. The van der Waals surface area contributed by atoms with Crippen LogP contribution >= 0.6 is 11.8 Å². The van der Waals surface area contributed by atoms with E-state index in [4.69, 9.17) is 0 Å². The van der Waals surface area contributed by atoms with Crippen molar-refractivity contribution in [3.05, 3.63) is 71.3 Å². The van der Waals surface area contributed by atoms with Crippen molar-refractivity contribution in [1.29, 1.82) is 0 Å². The highest BCUT2D eigenvalue weighted by Crippen LogP contribution is 2.22.